The maximum absolute atomic E-state index is 14.1. The van der Waals surface area contributed by atoms with Crippen molar-refractivity contribution in [3.63, 3.8) is 0 Å². The van der Waals surface area contributed by atoms with Crippen LogP contribution in [0.15, 0.2) is 18.2 Å². The number of hydrogen-bond donors (Lipinski definition) is 1. The normalized spacial score (nSPS) is 23.4. The van der Waals surface area contributed by atoms with Gasteiger partial charge >= 0.3 is 0 Å². The van der Waals surface area contributed by atoms with Crippen LogP contribution < -0.4 is 10.2 Å². The van der Waals surface area contributed by atoms with Gasteiger partial charge in [0.05, 0.1) is 5.69 Å². The fraction of sp³-hybridized carbons (Fsp3) is 0.625. The minimum atomic E-state index is -0.380. The monoisotopic (exact) mass is 282 g/mol. The summed E-state index contributed by atoms with van der Waals surface area (Å²) in [6.45, 7) is 7.94. The highest BCUT2D eigenvalue weighted by atomic mass is 19.1. The van der Waals surface area contributed by atoms with Gasteiger partial charge in [-0.05, 0) is 24.5 Å². The second kappa shape index (κ2) is 6.53. The van der Waals surface area contributed by atoms with Crippen LogP contribution in [0.25, 0.3) is 0 Å². The minimum absolute atomic E-state index is 0.194. The van der Waals surface area contributed by atoms with Crippen LogP contribution in [0.1, 0.15) is 33.6 Å². The Hall–Kier alpha value is -1.16. The summed E-state index contributed by atoms with van der Waals surface area (Å²) in [6.07, 6.45) is 2.14. The van der Waals surface area contributed by atoms with Gasteiger partial charge in [-0.25, -0.2) is 8.78 Å². The highest BCUT2D eigenvalue weighted by Crippen LogP contribution is 2.27. The molecule has 0 amide bonds. The quantitative estimate of drug-likeness (QED) is 0.908. The van der Waals surface area contributed by atoms with E-state index >= 15 is 0 Å². The van der Waals surface area contributed by atoms with Crippen molar-refractivity contribution in [2.75, 3.05) is 18.0 Å². The zero-order valence-electron chi connectivity index (χ0n) is 12.5. The maximum atomic E-state index is 14.1. The van der Waals surface area contributed by atoms with Crippen molar-refractivity contribution in [1.29, 1.82) is 0 Å². The van der Waals surface area contributed by atoms with Gasteiger partial charge < -0.3 is 10.2 Å². The summed E-state index contributed by atoms with van der Waals surface area (Å²) in [6, 6.07) is 4.25. The van der Waals surface area contributed by atoms with Gasteiger partial charge in [-0.15, -0.1) is 0 Å². The van der Waals surface area contributed by atoms with Crippen LogP contribution in [-0.4, -0.2) is 25.2 Å². The summed E-state index contributed by atoms with van der Waals surface area (Å²) < 4.78 is 27.5. The molecule has 1 heterocycles. The van der Waals surface area contributed by atoms with Gasteiger partial charge in [0, 0.05) is 31.2 Å². The Bertz CT molecular complexity index is 448. The van der Waals surface area contributed by atoms with Crippen molar-refractivity contribution in [3.05, 3.63) is 29.8 Å². The second-order valence-electron chi connectivity index (χ2n) is 5.95. The van der Waals surface area contributed by atoms with Crippen LogP contribution in [0.5, 0.6) is 0 Å². The minimum Gasteiger partial charge on any atom is -0.363 e. The first kappa shape index (κ1) is 15.2. The number of halogens is 2. The van der Waals surface area contributed by atoms with Gasteiger partial charge in [0.25, 0.3) is 0 Å². The van der Waals surface area contributed by atoms with E-state index in [1.165, 1.54) is 18.2 Å². The van der Waals surface area contributed by atoms with Gasteiger partial charge in [-0.1, -0.05) is 27.2 Å². The van der Waals surface area contributed by atoms with Crippen LogP contribution in [-0.2, 0) is 0 Å². The Morgan fingerprint density at radius 3 is 2.75 bits per heavy atom. The standard InChI is InChI=1S/C16H24F2N2/c1-4-5-13-10-20(16(9-19-13)11(2)3)15-8-12(17)6-7-14(15)18/h6-8,11,13,16,19H,4-5,9-10H2,1-3H3. The summed E-state index contributed by atoms with van der Waals surface area (Å²) in [7, 11) is 0. The first-order valence-electron chi connectivity index (χ1n) is 7.48. The summed E-state index contributed by atoms with van der Waals surface area (Å²) in [5.74, 6) is -0.337. The van der Waals surface area contributed by atoms with Crippen LogP contribution >= 0.6 is 0 Å². The molecule has 0 radical (unpaired) electrons. The van der Waals surface area contributed by atoms with Crippen molar-refractivity contribution in [2.24, 2.45) is 5.92 Å². The van der Waals surface area contributed by atoms with Crippen LogP contribution in [0.3, 0.4) is 0 Å². The lowest BCUT2D eigenvalue weighted by atomic mass is 9.96. The van der Waals surface area contributed by atoms with Crippen molar-refractivity contribution >= 4 is 5.69 Å². The molecular weight excluding hydrogens is 258 g/mol. The SMILES string of the molecule is CCCC1CN(c2cc(F)ccc2F)C(C(C)C)CN1. The number of benzene rings is 1. The Labute approximate surface area is 120 Å². The zero-order chi connectivity index (χ0) is 14.7. The molecule has 1 saturated heterocycles. The van der Waals surface area contributed by atoms with E-state index in [0.29, 0.717) is 17.6 Å². The number of nitrogens with zero attached hydrogens (tertiary/aromatic N) is 1. The molecule has 20 heavy (non-hydrogen) atoms. The summed E-state index contributed by atoms with van der Waals surface area (Å²) >= 11 is 0. The van der Waals surface area contributed by atoms with E-state index in [2.05, 4.69) is 26.1 Å². The molecule has 2 rings (SSSR count). The highest BCUT2D eigenvalue weighted by Gasteiger charge is 2.31. The molecule has 0 aromatic heterocycles. The third-order valence-electron chi connectivity index (χ3n) is 4.06. The van der Waals surface area contributed by atoms with Crippen LogP contribution in [0.2, 0.25) is 0 Å². The van der Waals surface area contributed by atoms with Gasteiger partial charge in [0.15, 0.2) is 0 Å². The number of anilines is 1. The van der Waals surface area contributed by atoms with Crippen LogP contribution in [0.4, 0.5) is 14.5 Å². The fourth-order valence-electron chi connectivity index (χ4n) is 2.96. The Balaban J connectivity index is 2.28. The van der Waals surface area contributed by atoms with Crippen molar-refractivity contribution in [1.82, 2.24) is 5.32 Å². The van der Waals surface area contributed by atoms with E-state index in [-0.39, 0.29) is 17.7 Å². The van der Waals surface area contributed by atoms with E-state index in [4.69, 9.17) is 0 Å². The molecular formula is C16H24F2N2. The third kappa shape index (κ3) is 3.29. The number of rotatable bonds is 4. The molecule has 0 spiro atoms. The van der Waals surface area contributed by atoms with Gasteiger partial charge in [-0.2, -0.15) is 0 Å². The average molecular weight is 282 g/mol. The molecule has 1 fully saturated rings. The Morgan fingerprint density at radius 2 is 2.10 bits per heavy atom. The van der Waals surface area contributed by atoms with Crippen molar-refractivity contribution < 1.29 is 8.78 Å². The lowest BCUT2D eigenvalue weighted by Crippen LogP contribution is -2.58. The molecule has 4 heteroatoms. The van der Waals surface area contributed by atoms with E-state index in [1.54, 1.807) is 0 Å². The first-order chi connectivity index (χ1) is 9.52. The van der Waals surface area contributed by atoms with Crippen molar-refractivity contribution in [3.8, 4) is 0 Å². The van der Waals surface area contributed by atoms with Crippen molar-refractivity contribution in [2.45, 2.75) is 45.7 Å². The first-order valence-corrected chi connectivity index (χ1v) is 7.48. The van der Waals surface area contributed by atoms with Gasteiger partial charge in [0.1, 0.15) is 11.6 Å². The summed E-state index contributed by atoms with van der Waals surface area (Å²) in [5.41, 5.74) is 0.395. The molecule has 2 nitrogen and oxygen atoms in total. The molecule has 2 unspecified atom stereocenters. The average Bonchev–Trinajstić information content (AvgIpc) is 2.41. The van der Waals surface area contributed by atoms with Gasteiger partial charge in [0.2, 0.25) is 0 Å². The van der Waals surface area contributed by atoms with E-state index in [1.807, 2.05) is 4.90 Å². The molecule has 1 N–H and O–H groups in total. The number of hydrogen-bond acceptors (Lipinski definition) is 2. The predicted molar refractivity (Wildman–Crippen MR) is 79.0 cm³/mol. The highest BCUT2D eigenvalue weighted by molar-refractivity contribution is 5.50. The largest absolute Gasteiger partial charge is 0.363 e. The topological polar surface area (TPSA) is 15.3 Å². The van der Waals surface area contributed by atoms with Crippen LogP contribution in [0, 0.1) is 17.6 Å². The third-order valence-corrected chi connectivity index (χ3v) is 4.06. The number of nitrogens with one attached hydrogen (secondary N) is 1. The predicted octanol–water partition coefficient (Wildman–Crippen LogP) is 3.57. The lowest BCUT2D eigenvalue weighted by Gasteiger charge is -2.44. The zero-order valence-corrected chi connectivity index (χ0v) is 12.5. The van der Waals surface area contributed by atoms with E-state index in [0.717, 1.165) is 25.9 Å². The molecule has 0 saturated carbocycles. The molecule has 1 aromatic carbocycles. The molecule has 1 aliphatic rings. The molecule has 0 bridgehead atoms. The van der Waals surface area contributed by atoms with E-state index in [9.17, 15) is 8.78 Å². The van der Waals surface area contributed by atoms with E-state index < -0.39 is 0 Å². The van der Waals surface area contributed by atoms with Gasteiger partial charge in [-0.3, -0.25) is 0 Å². The summed E-state index contributed by atoms with van der Waals surface area (Å²) in [5, 5.41) is 3.53. The molecule has 1 aliphatic heterocycles. The lowest BCUT2D eigenvalue weighted by molar-refractivity contribution is 0.324. The molecule has 0 aliphatic carbocycles. The molecule has 1 aromatic rings. The smallest absolute Gasteiger partial charge is 0.146 e. The molecule has 2 atom stereocenters. The number of piperazine rings is 1. The fourth-order valence-corrected chi connectivity index (χ4v) is 2.96. The Morgan fingerprint density at radius 1 is 1.35 bits per heavy atom. The Kier molecular flexibility index (Phi) is 4.97. The summed E-state index contributed by atoms with van der Waals surface area (Å²) in [4.78, 5) is 2.04. The molecule has 112 valence electrons. The maximum Gasteiger partial charge on any atom is 0.146 e. The second-order valence-corrected chi connectivity index (χ2v) is 5.95.